The van der Waals surface area contributed by atoms with E-state index in [1.807, 2.05) is 47.8 Å². The first-order valence-corrected chi connectivity index (χ1v) is 26.9. The highest BCUT2D eigenvalue weighted by Crippen LogP contribution is 2.34. The van der Waals surface area contributed by atoms with Gasteiger partial charge in [-0.3, -0.25) is 29.1 Å². The SMILES string of the molecule is CN[C@@H](C)C(=O)N[C@H](C(=O)N1CCN(C(=O)c2c(Cl)c3ccccc3n2CC(=O)N(C)CCOCCOCCOCCOc2cc(CN3CCC(Oc4ccnc5ccsc45)CC3)on2)CC1)C1CCCCC1. The molecular formula is C52H70ClN9O10S. The number of hydrogen-bond acceptors (Lipinski definition) is 15. The monoisotopic (exact) mass is 1050 g/mol. The molecule has 2 atom stereocenters. The molecule has 0 radical (unpaired) electrons. The molecule has 2 N–H and O–H groups in total. The molecule has 0 unspecified atom stereocenters. The van der Waals surface area contributed by atoms with Crippen LogP contribution in [0.3, 0.4) is 0 Å². The number of nitrogens with one attached hydrogen (secondary N) is 2. The maximum absolute atomic E-state index is 14.3. The van der Waals surface area contributed by atoms with Crippen LogP contribution in [-0.2, 0) is 41.7 Å². The van der Waals surface area contributed by atoms with Gasteiger partial charge < -0.3 is 58.1 Å². The summed E-state index contributed by atoms with van der Waals surface area (Å²) in [5.74, 6) is 1.33. The van der Waals surface area contributed by atoms with Crippen LogP contribution in [0.5, 0.6) is 11.6 Å². The van der Waals surface area contributed by atoms with Crippen molar-refractivity contribution in [3.63, 3.8) is 0 Å². The zero-order chi connectivity index (χ0) is 51.1. The first kappa shape index (κ1) is 53.9. The fraction of sp³-hybridized carbons (Fsp3) is 0.577. The lowest BCUT2D eigenvalue weighted by molar-refractivity contribution is -0.140. The van der Waals surface area contributed by atoms with Crippen molar-refractivity contribution in [2.45, 2.75) is 83.1 Å². The molecule has 396 valence electrons. The van der Waals surface area contributed by atoms with Crippen molar-refractivity contribution in [1.29, 1.82) is 0 Å². The minimum atomic E-state index is -0.611. The first-order valence-electron chi connectivity index (χ1n) is 25.7. The van der Waals surface area contributed by atoms with Crippen LogP contribution in [-0.4, -0.2) is 182 Å². The summed E-state index contributed by atoms with van der Waals surface area (Å²) in [5, 5.41) is 13.1. The molecule has 3 aliphatic rings. The maximum Gasteiger partial charge on any atom is 0.272 e. The molecule has 3 fully saturated rings. The summed E-state index contributed by atoms with van der Waals surface area (Å²) in [7, 11) is 3.42. The summed E-state index contributed by atoms with van der Waals surface area (Å²) in [6, 6.07) is 12.1. The van der Waals surface area contributed by atoms with Crippen molar-refractivity contribution in [2.75, 3.05) is 106 Å². The van der Waals surface area contributed by atoms with Gasteiger partial charge in [-0.25, -0.2) is 0 Å². The molecule has 2 aliphatic heterocycles. The number of likely N-dealkylation sites (N-methyl/N-ethyl adjacent to an activating group) is 2. The van der Waals surface area contributed by atoms with Crippen molar-refractivity contribution >= 4 is 67.7 Å². The fourth-order valence-corrected chi connectivity index (χ4v) is 10.8. The van der Waals surface area contributed by atoms with Crippen molar-refractivity contribution in [3.05, 3.63) is 70.5 Å². The molecular weight excluding hydrogens is 978 g/mol. The predicted molar refractivity (Wildman–Crippen MR) is 277 cm³/mol. The Hall–Kier alpha value is -5.35. The molecule has 4 aromatic heterocycles. The number of benzene rings is 1. The minimum absolute atomic E-state index is 0.0713. The van der Waals surface area contributed by atoms with Crippen molar-refractivity contribution in [1.82, 2.24) is 44.9 Å². The smallest absolute Gasteiger partial charge is 0.272 e. The molecule has 73 heavy (non-hydrogen) atoms. The third kappa shape index (κ3) is 14.3. The Labute approximate surface area is 435 Å². The van der Waals surface area contributed by atoms with Gasteiger partial charge in [-0.2, -0.15) is 0 Å². The highest BCUT2D eigenvalue weighted by atomic mass is 35.5. The van der Waals surface area contributed by atoms with Gasteiger partial charge in [0.25, 0.3) is 11.8 Å². The van der Waals surface area contributed by atoms with Gasteiger partial charge in [0, 0.05) is 70.5 Å². The number of carbonyl (C=O) groups is 4. The predicted octanol–water partition coefficient (Wildman–Crippen LogP) is 5.48. The third-order valence-electron chi connectivity index (χ3n) is 14.1. The second kappa shape index (κ2) is 26.7. The highest BCUT2D eigenvalue weighted by Gasteiger charge is 2.37. The molecule has 5 aromatic rings. The van der Waals surface area contributed by atoms with Crippen molar-refractivity contribution < 1.29 is 47.4 Å². The molecule has 2 saturated heterocycles. The number of nitrogens with zero attached hydrogens (tertiary/aromatic N) is 7. The van der Waals surface area contributed by atoms with Gasteiger partial charge in [0.2, 0.25) is 17.7 Å². The molecule has 4 amide bonds. The second-order valence-corrected chi connectivity index (χ2v) is 20.2. The number of aromatic nitrogens is 3. The van der Waals surface area contributed by atoms with Crippen molar-refractivity contribution in [3.8, 4) is 11.6 Å². The summed E-state index contributed by atoms with van der Waals surface area (Å²) in [6.07, 6.45) is 8.79. The Morgan fingerprint density at radius 3 is 2.32 bits per heavy atom. The zero-order valence-corrected chi connectivity index (χ0v) is 43.8. The van der Waals surface area contributed by atoms with Crippen LogP contribution in [0.2, 0.25) is 5.02 Å². The Morgan fingerprint density at radius 1 is 0.877 bits per heavy atom. The average molecular weight is 1050 g/mol. The number of amides is 4. The van der Waals surface area contributed by atoms with Crippen LogP contribution in [0, 0.1) is 5.92 Å². The highest BCUT2D eigenvalue weighted by molar-refractivity contribution is 7.17. The number of thiophene rings is 1. The first-order chi connectivity index (χ1) is 35.6. The van der Waals surface area contributed by atoms with Crippen LogP contribution in [0.4, 0.5) is 0 Å². The van der Waals surface area contributed by atoms with Crippen LogP contribution in [0.1, 0.15) is 68.1 Å². The molecule has 0 spiro atoms. The largest absolute Gasteiger partial charge is 0.489 e. The lowest BCUT2D eigenvalue weighted by Gasteiger charge is -2.39. The molecule has 8 rings (SSSR count). The standard InChI is InChI=1S/C52H70ClN9O10S/c1-36(54-2)50(64)56-47(37-9-5-4-6-10-37)51(65)60-20-22-61(23-21-60)52(66)48-46(53)40-11-7-8-12-42(40)62(48)35-45(63)58(3)24-25-67-26-27-68-28-29-69-30-31-70-44-33-39(72-57-44)34-59-18-14-38(15-19-59)71-43-13-17-55-41-16-32-73-49(41)43/h7-8,11-13,16-17,32-33,36-38,47,54H,4-6,9-10,14-15,18-31,34-35H2,1-3H3,(H,56,64)/t36-,47-/m0/s1. The number of carbonyl (C=O) groups excluding carboxylic acids is 4. The number of pyridine rings is 1. The molecule has 1 aliphatic carbocycles. The molecule has 19 nitrogen and oxygen atoms in total. The lowest BCUT2D eigenvalue weighted by atomic mass is 9.83. The number of hydrogen-bond donors (Lipinski definition) is 2. The van der Waals surface area contributed by atoms with Gasteiger partial charge in [0.05, 0.1) is 73.0 Å². The van der Waals surface area contributed by atoms with E-state index in [0.29, 0.717) is 89.2 Å². The lowest BCUT2D eigenvalue weighted by Crippen LogP contribution is -2.59. The number of piperazine rings is 1. The summed E-state index contributed by atoms with van der Waals surface area (Å²) >= 11 is 8.59. The van der Waals surface area contributed by atoms with Gasteiger partial charge >= 0.3 is 0 Å². The van der Waals surface area contributed by atoms with Gasteiger partial charge in [0.1, 0.15) is 36.7 Å². The fourth-order valence-electron chi connectivity index (χ4n) is 9.66. The summed E-state index contributed by atoms with van der Waals surface area (Å²) in [5.41, 5.74) is 1.88. The van der Waals surface area contributed by atoms with Gasteiger partial charge in [0.15, 0.2) is 5.76 Å². The topological polar surface area (TPSA) is 195 Å². The van der Waals surface area contributed by atoms with Crippen LogP contribution >= 0.6 is 22.9 Å². The van der Waals surface area contributed by atoms with Crippen LogP contribution < -0.4 is 20.1 Å². The van der Waals surface area contributed by atoms with Crippen LogP contribution in [0.15, 0.2) is 58.6 Å². The minimum Gasteiger partial charge on any atom is -0.489 e. The van der Waals surface area contributed by atoms with E-state index in [1.165, 1.54) is 0 Å². The normalized spacial score (nSPS) is 17.0. The van der Waals surface area contributed by atoms with E-state index < -0.39 is 12.1 Å². The number of para-hydroxylation sites is 1. The van der Waals surface area contributed by atoms with E-state index in [-0.39, 0.29) is 66.0 Å². The van der Waals surface area contributed by atoms with E-state index in [4.69, 9.17) is 39.8 Å². The van der Waals surface area contributed by atoms with Gasteiger partial charge in [-0.15, -0.1) is 11.3 Å². The summed E-state index contributed by atoms with van der Waals surface area (Å²) in [6.45, 7) is 8.13. The van der Waals surface area contributed by atoms with Gasteiger partial charge in [-0.1, -0.05) is 49.1 Å². The van der Waals surface area contributed by atoms with E-state index >= 15 is 0 Å². The zero-order valence-electron chi connectivity index (χ0n) is 42.3. The number of fused-ring (bicyclic) bond motifs is 2. The van der Waals surface area contributed by atoms with E-state index in [1.54, 1.807) is 57.8 Å². The Bertz CT molecular complexity index is 2590. The average Bonchev–Trinajstić information content (AvgIpc) is 4.16. The summed E-state index contributed by atoms with van der Waals surface area (Å²) < 4.78 is 37.5. The van der Waals surface area contributed by atoms with E-state index in [2.05, 4.69) is 25.7 Å². The molecule has 6 heterocycles. The Balaban J connectivity index is 0.691. The number of halogens is 1. The number of rotatable bonds is 25. The van der Waals surface area contributed by atoms with E-state index in [0.717, 1.165) is 79.8 Å². The van der Waals surface area contributed by atoms with E-state index in [9.17, 15) is 19.2 Å². The number of piperidine rings is 1. The molecule has 1 aromatic carbocycles. The second-order valence-electron chi connectivity index (χ2n) is 18.9. The molecule has 0 bridgehead atoms. The summed E-state index contributed by atoms with van der Waals surface area (Å²) in [4.78, 5) is 66.6. The Kier molecular flexibility index (Phi) is 19.8. The van der Waals surface area contributed by atoms with Crippen LogP contribution in [0.25, 0.3) is 21.1 Å². The number of likely N-dealkylation sites (tertiary alicyclic amines) is 1. The van der Waals surface area contributed by atoms with Crippen molar-refractivity contribution in [2.24, 2.45) is 5.92 Å². The Morgan fingerprint density at radius 2 is 1.58 bits per heavy atom. The quantitative estimate of drug-likeness (QED) is 0.0698. The maximum atomic E-state index is 14.3. The third-order valence-corrected chi connectivity index (χ3v) is 15.4. The number of ether oxygens (including phenoxy) is 5. The van der Waals surface area contributed by atoms with Gasteiger partial charge in [-0.05, 0) is 74.3 Å². The molecule has 21 heteroatoms. The molecule has 1 saturated carbocycles.